The summed E-state index contributed by atoms with van der Waals surface area (Å²) >= 11 is 0. The zero-order chi connectivity index (χ0) is 16.8. The molecule has 118 valence electrons. The van der Waals surface area contributed by atoms with Crippen molar-refractivity contribution >= 4 is 0 Å². The molecule has 0 aliphatic carbocycles. The number of allylic oxidation sites excluding steroid dienone is 6. The van der Waals surface area contributed by atoms with Crippen LogP contribution in [0.2, 0.25) is 0 Å². The first-order valence-electron chi connectivity index (χ1n) is 7.90. The molecule has 0 saturated heterocycles. The highest BCUT2D eigenvalue weighted by molar-refractivity contribution is 5.30. The first-order valence-corrected chi connectivity index (χ1v) is 7.90. The monoisotopic (exact) mass is 304 g/mol. The maximum atomic E-state index is 8.46. The molecule has 0 aliphatic heterocycles. The predicted molar refractivity (Wildman–Crippen MR) is 99.0 cm³/mol. The Balaban J connectivity index is 3.58. The van der Waals surface area contributed by atoms with E-state index in [1.165, 1.54) is 0 Å². The van der Waals surface area contributed by atoms with Crippen LogP contribution >= 0.6 is 0 Å². The number of aliphatic hydroxyl groups is 1. The summed E-state index contributed by atoms with van der Waals surface area (Å²) in [6, 6.07) is 0. The van der Waals surface area contributed by atoms with E-state index < -0.39 is 0 Å². The summed E-state index contributed by atoms with van der Waals surface area (Å²) in [7, 11) is 0. The van der Waals surface area contributed by atoms with E-state index in [1.54, 1.807) is 12.2 Å². The van der Waals surface area contributed by atoms with Gasteiger partial charge >= 0.3 is 0 Å². The first kappa shape index (κ1) is 20.4. The molecule has 1 heteroatoms. The topological polar surface area (TPSA) is 20.2 Å². The van der Waals surface area contributed by atoms with Crippen molar-refractivity contribution in [3.05, 3.63) is 36.5 Å². The van der Waals surface area contributed by atoms with Crippen molar-refractivity contribution in [1.82, 2.24) is 0 Å². The second-order valence-electron chi connectivity index (χ2n) is 4.60. The van der Waals surface area contributed by atoms with Crippen LogP contribution in [-0.4, -0.2) is 11.7 Å². The van der Waals surface area contributed by atoms with E-state index in [-0.39, 0.29) is 6.61 Å². The van der Waals surface area contributed by atoms with Crippen molar-refractivity contribution in [3.8, 4) is 47.9 Å². The molecular weight excluding hydrogens is 280 g/mol. The summed E-state index contributed by atoms with van der Waals surface area (Å²) in [6.07, 6.45) is 23.7. The molecule has 1 nitrogen and oxygen atoms in total. The van der Waals surface area contributed by atoms with Crippen molar-refractivity contribution in [2.75, 3.05) is 6.61 Å². The summed E-state index contributed by atoms with van der Waals surface area (Å²) in [4.78, 5) is 0. The van der Waals surface area contributed by atoms with Gasteiger partial charge in [-0.25, -0.2) is 0 Å². The van der Waals surface area contributed by atoms with E-state index in [2.05, 4.69) is 47.5 Å². The van der Waals surface area contributed by atoms with E-state index in [0.717, 1.165) is 44.9 Å². The molecule has 0 aliphatic rings. The minimum Gasteiger partial charge on any atom is -0.384 e. The summed E-state index contributed by atoms with van der Waals surface area (Å²) < 4.78 is 0. The molecule has 0 saturated carbocycles. The van der Waals surface area contributed by atoms with Gasteiger partial charge in [-0.15, -0.1) is 6.42 Å². The Morgan fingerprint density at radius 1 is 0.739 bits per heavy atom. The highest BCUT2D eigenvalue weighted by Crippen LogP contribution is 2.01. The van der Waals surface area contributed by atoms with Crippen LogP contribution in [0.1, 0.15) is 44.9 Å². The van der Waals surface area contributed by atoms with Crippen LogP contribution in [0.3, 0.4) is 0 Å². The molecule has 0 amide bonds. The highest BCUT2D eigenvalue weighted by atomic mass is 16.2. The molecule has 0 bridgehead atoms. The first-order chi connectivity index (χ1) is 11.4. The lowest BCUT2D eigenvalue weighted by Gasteiger charge is -1.90. The van der Waals surface area contributed by atoms with E-state index in [4.69, 9.17) is 11.5 Å². The van der Waals surface area contributed by atoms with Crippen molar-refractivity contribution in [1.29, 1.82) is 0 Å². The Morgan fingerprint density at radius 2 is 1.39 bits per heavy atom. The smallest absolute Gasteiger partial charge is 0.104 e. The van der Waals surface area contributed by atoms with Crippen LogP contribution in [0.5, 0.6) is 0 Å². The van der Waals surface area contributed by atoms with Gasteiger partial charge in [0.2, 0.25) is 0 Å². The molecule has 0 unspecified atom stereocenters. The molecule has 0 fully saturated rings. The molecule has 0 heterocycles. The third-order valence-electron chi connectivity index (χ3n) is 2.68. The van der Waals surface area contributed by atoms with Gasteiger partial charge in [0, 0.05) is 6.42 Å². The molecule has 0 rings (SSSR count). The summed E-state index contributed by atoms with van der Waals surface area (Å²) in [6.45, 7) is -0.0905. The molecule has 1 N–H and O–H groups in total. The van der Waals surface area contributed by atoms with Gasteiger partial charge in [-0.05, 0) is 68.6 Å². The number of terminal acetylenes is 1. The van der Waals surface area contributed by atoms with Crippen LogP contribution in [0, 0.1) is 47.9 Å². The van der Waals surface area contributed by atoms with Gasteiger partial charge in [-0.3, -0.25) is 0 Å². The Hall–Kier alpha value is -2.58. The summed E-state index contributed by atoms with van der Waals surface area (Å²) in [5.41, 5.74) is 0. The van der Waals surface area contributed by atoms with Crippen molar-refractivity contribution in [3.63, 3.8) is 0 Å². The zero-order valence-corrected chi connectivity index (χ0v) is 13.6. The van der Waals surface area contributed by atoms with Gasteiger partial charge in [0.15, 0.2) is 0 Å². The quantitative estimate of drug-likeness (QED) is 0.530. The maximum absolute atomic E-state index is 8.46. The average Bonchev–Trinajstić information content (AvgIpc) is 2.57. The standard InChI is InChI=1S/C22H24O/c1-2-3-4-5-6-7-8-9-10-11-12-13-14-15-16-17-18-19-20-21-22-23/h1,3-4,9-10,18-19,23H,5-8,15-17,22H2/b4-3-,10-9-,19-18-. The van der Waals surface area contributed by atoms with E-state index in [0.29, 0.717) is 0 Å². The Bertz CT molecular complexity index is 592. The Morgan fingerprint density at radius 3 is 2.09 bits per heavy atom. The minimum absolute atomic E-state index is 0.0905. The minimum atomic E-state index is -0.0905. The Kier molecular flexibility index (Phi) is 17.2. The molecule has 23 heavy (non-hydrogen) atoms. The molecule has 0 aromatic carbocycles. The number of rotatable bonds is 8. The molecule has 0 aromatic rings. The highest BCUT2D eigenvalue weighted by Gasteiger charge is 1.82. The fraction of sp³-hybridized carbons (Fsp3) is 0.364. The average molecular weight is 304 g/mol. The van der Waals surface area contributed by atoms with E-state index >= 15 is 0 Å². The van der Waals surface area contributed by atoms with Crippen molar-refractivity contribution in [2.45, 2.75) is 44.9 Å². The molecule has 0 spiro atoms. The number of unbranched alkanes of at least 4 members (excludes halogenated alkanes) is 5. The normalized spacial score (nSPS) is 9.74. The van der Waals surface area contributed by atoms with E-state index in [9.17, 15) is 0 Å². The Labute approximate surface area is 141 Å². The lowest BCUT2D eigenvalue weighted by molar-refractivity contribution is 0.350. The second kappa shape index (κ2) is 19.4. The van der Waals surface area contributed by atoms with E-state index in [1.807, 2.05) is 18.2 Å². The fourth-order valence-electron chi connectivity index (χ4n) is 1.56. The number of aliphatic hydroxyl groups excluding tert-OH is 1. The van der Waals surface area contributed by atoms with Gasteiger partial charge in [-0.1, -0.05) is 47.8 Å². The maximum Gasteiger partial charge on any atom is 0.104 e. The van der Waals surface area contributed by atoms with Gasteiger partial charge in [0.05, 0.1) is 0 Å². The fourth-order valence-corrected chi connectivity index (χ4v) is 1.56. The van der Waals surface area contributed by atoms with Gasteiger partial charge in [-0.2, -0.15) is 0 Å². The van der Waals surface area contributed by atoms with Gasteiger partial charge in [0.1, 0.15) is 6.61 Å². The van der Waals surface area contributed by atoms with Gasteiger partial charge < -0.3 is 5.11 Å². The zero-order valence-electron chi connectivity index (χ0n) is 13.6. The third kappa shape index (κ3) is 19.4. The van der Waals surface area contributed by atoms with Crippen LogP contribution in [-0.2, 0) is 0 Å². The van der Waals surface area contributed by atoms with Crippen molar-refractivity contribution in [2.24, 2.45) is 0 Å². The lowest BCUT2D eigenvalue weighted by Crippen LogP contribution is -1.72. The van der Waals surface area contributed by atoms with Crippen LogP contribution in [0.4, 0.5) is 0 Å². The second-order valence-corrected chi connectivity index (χ2v) is 4.60. The SMILES string of the molecule is C#C/C=C\CCCC/C=C\C#CC#CCCC/C=C\C#CCO. The van der Waals surface area contributed by atoms with Crippen LogP contribution in [0.15, 0.2) is 36.5 Å². The largest absolute Gasteiger partial charge is 0.384 e. The predicted octanol–water partition coefficient (Wildman–Crippen LogP) is 4.02. The molecule has 0 atom stereocenters. The third-order valence-corrected chi connectivity index (χ3v) is 2.68. The summed E-state index contributed by atoms with van der Waals surface area (Å²) in [5.74, 6) is 19.4. The van der Waals surface area contributed by atoms with Crippen LogP contribution in [0.25, 0.3) is 0 Å². The molecule has 0 radical (unpaired) electrons. The van der Waals surface area contributed by atoms with Gasteiger partial charge in [0.25, 0.3) is 0 Å². The summed E-state index contributed by atoms with van der Waals surface area (Å²) in [5, 5.41) is 8.46. The number of hydrogen-bond donors (Lipinski definition) is 1. The van der Waals surface area contributed by atoms with Crippen molar-refractivity contribution < 1.29 is 5.11 Å². The lowest BCUT2D eigenvalue weighted by atomic mass is 10.2. The molecular formula is C22H24O. The number of hydrogen-bond acceptors (Lipinski definition) is 1. The molecule has 0 aromatic heterocycles. The van der Waals surface area contributed by atoms with Crippen LogP contribution < -0.4 is 0 Å².